The van der Waals surface area contributed by atoms with Crippen LogP contribution in [0.5, 0.6) is 0 Å². The van der Waals surface area contributed by atoms with Gasteiger partial charge in [0.25, 0.3) is 0 Å². The number of fused-ring (bicyclic) bond motifs is 1. The zero-order valence-electron chi connectivity index (χ0n) is 16.4. The van der Waals surface area contributed by atoms with E-state index in [1.807, 2.05) is 26.0 Å². The minimum Gasteiger partial charge on any atom is -0.464 e. The molecule has 2 atom stereocenters. The number of benzene rings is 1. The molecule has 0 bridgehead atoms. The van der Waals surface area contributed by atoms with Crippen molar-refractivity contribution in [1.82, 2.24) is 4.90 Å². The fourth-order valence-corrected chi connectivity index (χ4v) is 6.00. The van der Waals surface area contributed by atoms with Crippen LogP contribution in [0.15, 0.2) is 22.8 Å². The first-order valence-electron chi connectivity index (χ1n) is 9.92. The van der Waals surface area contributed by atoms with Crippen molar-refractivity contribution >= 4 is 26.7 Å². The summed E-state index contributed by atoms with van der Waals surface area (Å²) in [5.41, 5.74) is 3.89. The van der Waals surface area contributed by atoms with Gasteiger partial charge >= 0.3 is 0 Å². The van der Waals surface area contributed by atoms with Crippen molar-refractivity contribution in [2.75, 3.05) is 24.7 Å². The summed E-state index contributed by atoms with van der Waals surface area (Å²) < 4.78 is 35.4. The Morgan fingerprint density at radius 2 is 2.07 bits per heavy atom. The summed E-state index contributed by atoms with van der Waals surface area (Å²) in [5.74, 6) is 0.147. The number of hydrogen-bond donors (Lipinski definition) is 0. The van der Waals surface area contributed by atoms with Crippen molar-refractivity contribution in [3.63, 3.8) is 0 Å². The van der Waals surface area contributed by atoms with Crippen LogP contribution >= 0.6 is 0 Å². The summed E-state index contributed by atoms with van der Waals surface area (Å²) in [6.45, 7) is 5.22. The Kier molecular flexibility index (Phi) is 5.22. The van der Waals surface area contributed by atoms with Crippen LogP contribution < -0.4 is 0 Å². The molecule has 2 fully saturated rings. The molecule has 7 heteroatoms. The van der Waals surface area contributed by atoms with Crippen molar-refractivity contribution in [2.24, 2.45) is 0 Å². The topological polar surface area (TPSA) is 76.8 Å². The highest BCUT2D eigenvalue weighted by molar-refractivity contribution is 7.91. The van der Waals surface area contributed by atoms with Crippen molar-refractivity contribution in [3.05, 3.63) is 35.1 Å². The molecule has 1 aromatic heterocycles. The summed E-state index contributed by atoms with van der Waals surface area (Å²) in [4.78, 5) is 15.0. The molecule has 0 N–H and O–H groups in total. The SMILES string of the molecule is Cc1ccc2c(CC(=O)N(CC3CCCO3)C3CCS(=O)(=O)C3)coc2c1C. The van der Waals surface area contributed by atoms with Crippen LogP contribution in [-0.4, -0.2) is 56.0 Å². The molecule has 0 saturated carbocycles. The molecule has 6 nitrogen and oxygen atoms in total. The van der Waals surface area contributed by atoms with Crippen LogP contribution in [-0.2, 0) is 25.8 Å². The Morgan fingerprint density at radius 1 is 1.25 bits per heavy atom. The van der Waals surface area contributed by atoms with Gasteiger partial charge in [-0.05, 0) is 44.2 Å². The first-order chi connectivity index (χ1) is 13.3. The first kappa shape index (κ1) is 19.5. The maximum atomic E-state index is 13.2. The minimum atomic E-state index is -3.07. The van der Waals surface area contributed by atoms with E-state index in [0.717, 1.165) is 40.5 Å². The predicted molar refractivity (Wildman–Crippen MR) is 107 cm³/mol. The number of ether oxygens (including phenoxy) is 1. The van der Waals surface area contributed by atoms with Crippen LogP contribution in [0, 0.1) is 13.8 Å². The van der Waals surface area contributed by atoms with Gasteiger partial charge in [0.1, 0.15) is 5.58 Å². The number of sulfone groups is 1. The Bertz CT molecular complexity index is 988. The van der Waals surface area contributed by atoms with E-state index in [-0.39, 0.29) is 36.0 Å². The molecular weight excluding hydrogens is 378 g/mol. The summed E-state index contributed by atoms with van der Waals surface area (Å²) in [5, 5.41) is 0.951. The highest BCUT2D eigenvalue weighted by atomic mass is 32.2. The number of aryl methyl sites for hydroxylation is 2. The third-order valence-corrected chi connectivity index (χ3v) is 7.83. The Morgan fingerprint density at radius 3 is 2.75 bits per heavy atom. The molecule has 2 aliphatic heterocycles. The standard InChI is InChI=1S/C21H27NO5S/c1-14-5-6-19-16(12-27-21(19)15(14)2)10-20(23)22(11-18-4-3-8-26-18)17-7-9-28(24,25)13-17/h5-6,12,17-18H,3-4,7-11,13H2,1-2H3. The molecule has 152 valence electrons. The second kappa shape index (κ2) is 7.52. The van der Waals surface area contributed by atoms with Gasteiger partial charge in [0, 0.05) is 30.1 Å². The van der Waals surface area contributed by atoms with E-state index in [1.54, 1.807) is 11.2 Å². The number of furan rings is 1. The molecule has 1 amide bonds. The van der Waals surface area contributed by atoms with Gasteiger partial charge in [-0.2, -0.15) is 0 Å². The normalized spacial score (nSPS) is 24.1. The summed E-state index contributed by atoms with van der Waals surface area (Å²) in [6.07, 6.45) is 4.27. The third-order valence-electron chi connectivity index (χ3n) is 6.08. The minimum absolute atomic E-state index is 0.00163. The quantitative estimate of drug-likeness (QED) is 0.764. The van der Waals surface area contributed by atoms with E-state index in [4.69, 9.17) is 9.15 Å². The van der Waals surface area contributed by atoms with E-state index in [0.29, 0.717) is 19.6 Å². The monoisotopic (exact) mass is 405 g/mol. The van der Waals surface area contributed by atoms with Gasteiger partial charge in [-0.3, -0.25) is 4.79 Å². The molecular formula is C21H27NO5S. The summed E-state index contributed by atoms with van der Waals surface area (Å²) >= 11 is 0. The Hall–Kier alpha value is -1.86. The van der Waals surface area contributed by atoms with Crippen LogP contribution in [0.25, 0.3) is 11.0 Å². The number of rotatable bonds is 5. The largest absolute Gasteiger partial charge is 0.464 e. The van der Waals surface area contributed by atoms with Crippen molar-refractivity contribution in [3.8, 4) is 0 Å². The van der Waals surface area contributed by atoms with Crippen LogP contribution in [0.2, 0.25) is 0 Å². The van der Waals surface area contributed by atoms with Crippen molar-refractivity contribution in [2.45, 2.75) is 51.7 Å². The van der Waals surface area contributed by atoms with E-state index < -0.39 is 9.84 Å². The fourth-order valence-electron chi connectivity index (χ4n) is 4.27. The molecule has 3 heterocycles. The second-order valence-electron chi connectivity index (χ2n) is 8.06. The number of carbonyl (C=O) groups is 1. The van der Waals surface area contributed by atoms with Crippen LogP contribution in [0.1, 0.15) is 36.0 Å². The van der Waals surface area contributed by atoms with Crippen LogP contribution in [0.3, 0.4) is 0 Å². The number of amides is 1. The number of carbonyl (C=O) groups excluding carboxylic acids is 1. The molecule has 2 aliphatic rings. The lowest BCUT2D eigenvalue weighted by molar-refractivity contribution is -0.134. The fraction of sp³-hybridized carbons (Fsp3) is 0.571. The maximum Gasteiger partial charge on any atom is 0.227 e. The van der Waals surface area contributed by atoms with Gasteiger partial charge in [-0.15, -0.1) is 0 Å². The number of hydrogen-bond acceptors (Lipinski definition) is 5. The lowest BCUT2D eigenvalue weighted by Gasteiger charge is -2.30. The lowest BCUT2D eigenvalue weighted by atomic mass is 10.0. The average Bonchev–Trinajstić information content (AvgIpc) is 3.37. The molecule has 2 unspecified atom stereocenters. The van der Waals surface area contributed by atoms with E-state index >= 15 is 0 Å². The van der Waals surface area contributed by atoms with Gasteiger partial charge < -0.3 is 14.1 Å². The Balaban J connectivity index is 1.57. The van der Waals surface area contributed by atoms with Gasteiger partial charge in [0.15, 0.2) is 9.84 Å². The van der Waals surface area contributed by atoms with Gasteiger partial charge in [-0.1, -0.05) is 12.1 Å². The third kappa shape index (κ3) is 3.82. The zero-order valence-corrected chi connectivity index (χ0v) is 17.3. The molecule has 2 saturated heterocycles. The summed E-state index contributed by atoms with van der Waals surface area (Å²) in [6, 6.07) is 3.77. The lowest BCUT2D eigenvalue weighted by Crippen LogP contribution is -2.45. The van der Waals surface area contributed by atoms with E-state index in [1.165, 1.54) is 0 Å². The van der Waals surface area contributed by atoms with E-state index in [2.05, 4.69) is 0 Å². The molecule has 1 aromatic carbocycles. The van der Waals surface area contributed by atoms with Gasteiger partial charge in [0.2, 0.25) is 5.91 Å². The molecule has 4 rings (SSSR count). The van der Waals surface area contributed by atoms with Gasteiger partial charge in [-0.25, -0.2) is 8.42 Å². The van der Waals surface area contributed by atoms with Crippen molar-refractivity contribution in [1.29, 1.82) is 0 Å². The van der Waals surface area contributed by atoms with Gasteiger partial charge in [0.05, 0.1) is 30.3 Å². The molecule has 28 heavy (non-hydrogen) atoms. The van der Waals surface area contributed by atoms with Crippen LogP contribution in [0.4, 0.5) is 0 Å². The summed E-state index contributed by atoms with van der Waals surface area (Å²) in [7, 11) is -3.07. The molecule has 0 aliphatic carbocycles. The van der Waals surface area contributed by atoms with E-state index in [9.17, 15) is 13.2 Å². The highest BCUT2D eigenvalue weighted by Crippen LogP contribution is 2.28. The average molecular weight is 406 g/mol. The van der Waals surface area contributed by atoms with Crippen molar-refractivity contribution < 1.29 is 22.4 Å². The first-order valence-corrected chi connectivity index (χ1v) is 11.7. The number of nitrogens with zero attached hydrogens (tertiary/aromatic N) is 1. The zero-order chi connectivity index (χ0) is 19.9. The highest BCUT2D eigenvalue weighted by Gasteiger charge is 2.36. The second-order valence-corrected chi connectivity index (χ2v) is 10.3. The maximum absolute atomic E-state index is 13.2. The molecule has 0 radical (unpaired) electrons. The smallest absolute Gasteiger partial charge is 0.227 e. The predicted octanol–water partition coefficient (Wildman–Crippen LogP) is 2.79. The Labute approximate surface area is 165 Å². The molecule has 2 aromatic rings. The molecule has 0 spiro atoms.